The molecule has 0 N–H and O–H groups in total. The predicted molar refractivity (Wildman–Crippen MR) is 399 cm³/mol. The third-order valence-electron chi connectivity index (χ3n) is 19.2. The molecule has 96 heavy (non-hydrogen) atoms. The van der Waals surface area contributed by atoms with Gasteiger partial charge in [0.1, 0.15) is 0 Å². The fraction of sp³-hybridized carbons (Fsp3) is 0.0920. The zero-order valence-electron chi connectivity index (χ0n) is 54.4. The Kier molecular flexibility index (Phi) is 13.9. The minimum absolute atomic E-state index is 0.0540. The van der Waals surface area contributed by atoms with Gasteiger partial charge in [-0.1, -0.05) is 242 Å². The van der Waals surface area contributed by atoms with E-state index in [0.29, 0.717) is 23.3 Å². The number of rotatable bonds is 10. The third kappa shape index (κ3) is 10.1. The Morgan fingerprint density at radius 3 is 1.29 bits per heavy atom. The standard InChI is InChI=1S/C87H67BN8/c1-86(2,3)62-44-48-74-67(53-62)68-54-63(87(4,5)6)45-49-75(68)96(74)76-47-43-61(83-89-72(56-27-12-7-13-28-56)55-73(90-83)57-29-14-8-15-30-57)52-69(76)85-92-82(58-31-16-9-17-32-58)91-84(93-85)60-34-26-33-59(51-60)66-46-50-79-80-81(66)95(65-37-20-11-21-38-65)78-42-25-23-40-71(78)88(80)70-39-22-24-41-77(70)94(79)64-35-18-10-19-36-64/h7-55H,1-6H3. The van der Waals surface area contributed by atoms with E-state index in [2.05, 4.69) is 323 Å². The molecule has 3 aromatic heterocycles. The second kappa shape index (κ2) is 23.0. The van der Waals surface area contributed by atoms with Gasteiger partial charge in [0.05, 0.1) is 33.8 Å². The lowest BCUT2D eigenvalue weighted by Gasteiger charge is -2.45. The Morgan fingerprint density at radius 2 is 0.729 bits per heavy atom. The molecule has 0 spiro atoms. The van der Waals surface area contributed by atoms with Crippen molar-refractivity contribution in [1.29, 1.82) is 0 Å². The summed E-state index contributed by atoms with van der Waals surface area (Å²) in [7, 11) is 0. The molecule has 2 aliphatic rings. The zero-order valence-corrected chi connectivity index (χ0v) is 54.4. The van der Waals surface area contributed by atoms with Crippen molar-refractivity contribution < 1.29 is 0 Å². The Balaban J connectivity index is 0.914. The molecular formula is C87H67BN8. The van der Waals surface area contributed by atoms with Gasteiger partial charge in [0.2, 0.25) is 0 Å². The molecule has 8 nitrogen and oxygen atoms in total. The second-order valence-corrected chi connectivity index (χ2v) is 27.3. The Hall–Kier alpha value is -11.8. The average molecular weight is 1240 g/mol. The van der Waals surface area contributed by atoms with Gasteiger partial charge < -0.3 is 14.4 Å². The summed E-state index contributed by atoms with van der Waals surface area (Å²) in [4.78, 5) is 32.5. The molecule has 0 radical (unpaired) electrons. The summed E-state index contributed by atoms with van der Waals surface area (Å²) in [6.07, 6.45) is 0. The van der Waals surface area contributed by atoms with E-state index < -0.39 is 0 Å². The first-order valence-electron chi connectivity index (χ1n) is 33.1. The average Bonchev–Trinajstić information content (AvgIpc) is 0.932. The van der Waals surface area contributed by atoms with Gasteiger partial charge >= 0.3 is 0 Å². The van der Waals surface area contributed by atoms with E-state index in [4.69, 9.17) is 24.9 Å². The van der Waals surface area contributed by atoms with Crippen molar-refractivity contribution in [2.75, 3.05) is 9.80 Å². The lowest BCUT2D eigenvalue weighted by Crippen LogP contribution is -2.61. The highest BCUT2D eigenvalue weighted by Gasteiger charge is 2.44. The van der Waals surface area contributed by atoms with Crippen LogP contribution in [0.5, 0.6) is 0 Å². The number of benzene rings is 12. The number of fused-ring (bicyclic) bond motifs is 7. The number of para-hydroxylation sites is 4. The monoisotopic (exact) mass is 1230 g/mol. The summed E-state index contributed by atoms with van der Waals surface area (Å²) in [5.74, 6) is 2.18. The van der Waals surface area contributed by atoms with Crippen LogP contribution in [-0.2, 0) is 10.8 Å². The van der Waals surface area contributed by atoms with Gasteiger partial charge in [0, 0.05) is 78.2 Å². The van der Waals surface area contributed by atoms with Crippen LogP contribution in [0.4, 0.5) is 34.1 Å². The molecule has 0 bridgehead atoms. The summed E-state index contributed by atoms with van der Waals surface area (Å²) < 4.78 is 2.41. The minimum atomic E-state index is -0.0850. The van der Waals surface area contributed by atoms with Crippen molar-refractivity contribution in [2.24, 2.45) is 0 Å². The molecule has 0 amide bonds. The molecule has 0 atom stereocenters. The van der Waals surface area contributed by atoms with Crippen molar-refractivity contribution in [1.82, 2.24) is 29.5 Å². The molecule has 0 aliphatic carbocycles. The summed E-state index contributed by atoms with van der Waals surface area (Å²) in [5, 5.41) is 2.36. The van der Waals surface area contributed by atoms with E-state index in [1.54, 1.807) is 0 Å². The van der Waals surface area contributed by atoms with Gasteiger partial charge in [0.15, 0.2) is 23.3 Å². The number of anilines is 6. The van der Waals surface area contributed by atoms with Crippen LogP contribution in [-0.4, -0.2) is 36.2 Å². The van der Waals surface area contributed by atoms with Crippen LogP contribution in [0.25, 0.3) is 107 Å². The third-order valence-corrected chi connectivity index (χ3v) is 19.2. The molecule has 0 fully saturated rings. The Labute approximate surface area is 560 Å². The molecule has 458 valence electrons. The first-order valence-corrected chi connectivity index (χ1v) is 33.1. The van der Waals surface area contributed by atoms with Gasteiger partial charge in [-0.3, -0.25) is 0 Å². The maximum atomic E-state index is 5.73. The van der Waals surface area contributed by atoms with Crippen molar-refractivity contribution in [2.45, 2.75) is 52.4 Å². The first-order chi connectivity index (χ1) is 46.9. The number of hydrogen-bond donors (Lipinski definition) is 0. The van der Waals surface area contributed by atoms with Crippen LogP contribution in [0.1, 0.15) is 52.7 Å². The molecule has 12 aromatic carbocycles. The number of hydrogen-bond acceptors (Lipinski definition) is 7. The first kappa shape index (κ1) is 58.0. The van der Waals surface area contributed by atoms with Crippen molar-refractivity contribution >= 4 is 79.0 Å². The maximum absolute atomic E-state index is 5.73. The molecule has 17 rings (SSSR count). The van der Waals surface area contributed by atoms with Gasteiger partial charge in [-0.25, -0.2) is 24.9 Å². The van der Waals surface area contributed by atoms with Gasteiger partial charge in [0.25, 0.3) is 6.71 Å². The molecule has 15 aromatic rings. The van der Waals surface area contributed by atoms with Gasteiger partial charge in [-0.05, 0) is 141 Å². The highest BCUT2D eigenvalue weighted by Crippen LogP contribution is 2.49. The normalized spacial score (nSPS) is 12.6. The lowest BCUT2D eigenvalue weighted by atomic mass is 9.33. The van der Waals surface area contributed by atoms with Crippen LogP contribution in [0.15, 0.2) is 297 Å². The highest BCUT2D eigenvalue weighted by molar-refractivity contribution is 7.00. The maximum Gasteiger partial charge on any atom is 0.252 e. The van der Waals surface area contributed by atoms with Crippen LogP contribution < -0.4 is 26.2 Å². The minimum Gasteiger partial charge on any atom is -0.311 e. The molecule has 5 heterocycles. The zero-order chi connectivity index (χ0) is 64.8. The van der Waals surface area contributed by atoms with Gasteiger partial charge in [-0.2, -0.15) is 0 Å². The van der Waals surface area contributed by atoms with E-state index in [1.165, 1.54) is 44.0 Å². The highest BCUT2D eigenvalue weighted by atomic mass is 15.2. The fourth-order valence-corrected chi connectivity index (χ4v) is 14.4. The van der Waals surface area contributed by atoms with E-state index in [-0.39, 0.29) is 17.5 Å². The van der Waals surface area contributed by atoms with Crippen LogP contribution in [0.2, 0.25) is 0 Å². The van der Waals surface area contributed by atoms with Crippen molar-refractivity contribution in [3.63, 3.8) is 0 Å². The lowest BCUT2D eigenvalue weighted by molar-refractivity contribution is 0.590. The second-order valence-electron chi connectivity index (χ2n) is 27.3. The van der Waals surface area contributed by atoms with E-state index in [1.807, 2.05) is 30.3 Å². The largest absolute Gasteiger partial charge is 0.311 e. The summed E-state index contributed by atoms with van der Waals surface area (Å²) in [6, 6.07) is 107. The fourth-order valence-electron chi connectivity index (χ4n) is 14.4. The van der Waals surface area contributed by atoms with E-state index in [0.717, 1.165) is 101 Å². The molecule has 0 saturated heterocycles. The van der Waals surface area contributed by atoms with Crippen molar-refractivity contribution in [3.05, 3.63) is 308 Å². The summed E-state index contributed by atoms with van der Waals surface area (Å²) >= 11 is 0. The SMILES string of the molecule is CC(C)(C)c1ccc2c(c1)c1cc(C(C)(C)C)ccc1n2-c1ccc(-c2nc(-c3ccccc3)cc(-c3ccccc3)n2)cc1-c1nc(-c2ccccc2)nc(-c2cccc(-c3ccc4c5c3N(c3ccccc3)c3ccccc3B5c3ccccc3N4c3ccccc3)c2)n1. The summed E-state index contributed by atoms with van der Waals surface area (Å²) in [6.45, 7) is 13.7. The topological polar surface area (TPSA) is 75.9 Å². The molecule has 0 unspecified atom stereocenters. The molecular weight excluding hydrogens is 1170 g/mol. The quantitative estimate of drug-likeness (QED) is 0.126. The molecule has 2 aliphatic heterocycles. The van der Waals surface area contributed by atoms with Crippen LogP contribution in [0.3, 0.4) is 0 Å². The van der Waals surface area contributed by atoms with Crippen LogP contribution in [0, 0.1) is 0 Å². The van der Waals surface area contributed by atoms with Crippen LogP contribution >= 0.6 is 0 Å². The Morgan fingerprint density at radius 1 is 0.292 bits per heavy atom. The van der Waals surface area contributed by atoms with Gasteiger partial charge in [-0.15, -0.1) is 0 Å². The number of aromatic nitrogens is 6. The van der Waals surface area contributed by atoms with E-state index in [9.17, 15) is 0 Å². The predicted octanol–water partition coefficient (Wildman–Crippen LogP) is 20.1. The molecule has 0 saturated carbocycles. The van der Waals surface area contributed by atoms with Crippen molar-refractivity contribution in [3.8, 4) is 84.9 Å². The molecule has 9 heteroatoms. The number of nitrogens with zero attached hydrogens (tertiary/aromatic N) is 8. The van der Waals surface area contributed by atoms with E-state index >= 15 is 0 Å². The Bertz CT molecular complexity index is 5370. The smallest absolute Gasteiger partial charge is 0.252 e. The summed E-state index contributed by atoms with van der Waals surface area (Å²) in [5.41, 5.74) is 25.0.